The van der Waals surface area contributed by atoms with E-state index in [0.717, 1.165) is 12.0 Å². The van der Waals surface area contributed by atoms with Crippen LogP contribution in [0.25, 0.3) is 0 Å². The minimum absolute atomic E-state index is 0.000602. The van der Waals surface area contributed by atoms with E-state index in [4.69, 9.17) is 0 Å². The number of nitrogens with one attached hydrogen (secondary N) is 2. The van der Waals surface area contributed by atoms with Crippen molar-refractivity contribution in [1.29, 1.82) is 0 Å². The van der Waals surface area contributed by atoms with Crippen molar-refractivity contribution in [3.63, 3.8) is 0 Å². The second-order valence-electron chi connectivity index (χ2n) is 4.06. The summed E-state index contributed by atoms with van der Waals surface area (Å²) in [5, 5.41) is 3.06. The Morgan fingerprint density at radius 3 is 2.53 bits per heavy atom. The van der Waals surface area contributed by atoms with Crippen LogP contribution in [0.15, 0.2) is 29.2 Å². The summed E-state index contributed by atoms with van der Waals surface area (Å²) in [6.07, 6.45) is -1.91. The second-order valence-corrected chi connectivity index (χ2v) is 5.83. The molecule has 1 unspecified atom stereocenters. The molecule has 0 aliphatic rings. The van der Waals surface area contributed by atoms with E-state index in [1.165, 1.54) is 12.1 Å². The normalized spacial score (nSPS) is 13.7. The SMILES string of the molecule is CCC(NC)c1cccc(S(=O)(=O)NCC(F)F)c1. The van der Waals surface area contributed by atoms with Crippen molar-refractivity contribution in [2.75, 3.05) is 13.6 Å². The van der Waals surface area contributed by atoms with Gasteiger partial charge in [-0.05, 0) is 31.2 Å². The Kier molecular flexibility index (Phi) is 5.84. The highest BCUT2D eigenvalue weighted by Crippen LogP contribution is 2.19. The van der Waals surface area contributed by atoms with E-state index < -0.39 is 23.0 Å². The number of alkyl halides is 2. The van der Waals surface area contributed by atoms with Gasteiger partial charge in [0.1, 0.15) is 0 Å². The van der Waals surface area contributed by atoms with Crippen molar-refractivity contribution in [3.8, 4) is 0 Å². The van der Waals surface area contributed by atoms with Crippen molar-refractivity contribution in [1.82, 2.24) is 10.0 Å². The van der Waals surface area contributed by atoms with Crippen LogP contribution in [0.2, 0.25) is 0 Å². The minimum Gasteiger partial charge on any atom is -0.313 e. The van der Waals surface area contributed by atoms with Crippen molar-refractivity contribution in [2.45, 2.75) is 30.7 Å². The van der Waals surface area contributed by atoms with Crippen LogP contribution >= 0.6 is 0 Å². The molecule has 108 valence electrons. The predicted molar refractivity (Wildman–Crippen MR) is 69.7 cm³/mol. The van der Waals surface area contributed by atoms with Gasteiger partial charge in [-0.2, -0.15) is 0 Å². The standard InChI is InChI=1S/C12H18F2N2O2S/c1-3-11(15-2)9-5-4-6-10(7-9)19(17,18)16-8-12(13)14/h4-7,11-12,15-16H,3,8H2,1-2H3. The average Bonchev–Trinajstić information content (AvgIpc) is 2.38. The summed E-state index contributed by atoms with van der Waals surface area (Å²) in [5.74, 6) is 0. The third-order valence-corrected chi connectivity index (χ3v) is 4.18. The van der Waals surface area contributed by atoms with Gasteiger partial charge in [0, 0.05) is 6.04 Å². The number of halogens is 2. The van der Waals surface area contributed by atoms with Crippen molar-refractivity contribution in [3.05, 3.63) is 29.8 Å². The maximum Gasteiger partial charge on any atom is 0.251 e. The summed E-state index contributed by atoms with van der Waals surface area (Å²) in [6.45, 7) is 1.09. The van der Waals surface area contributed by atoms with Crippen molar-refractivity contribution < 1.29 is 17.2 Å². The Balaban J connectivity index is 2.98. The van der Waals surface area contributed by atoms with E-state index in [2.05, 4.69) is 5.32 Å². The molecule has 0 spiro atoms. The topological polar surface area (TPSA) is 58.2 Å². The molecule has 0 saturated heterocycles. The minimum atomic E-state index is -3.89. The number of benzene rings is 1. The zero-order valence-electron chi connectivity index (χ0n) is 10.9. The molecule has 2 N–H and O–H groups in total. The van der Waals surface area contributed by atoms with Gasteiger partial charge in [0.15, 0.2) is 0 Å². The molecule has 1 atom stereocenters. The Labute approximate surface area is 112 Å². The lowest BCUT2D eigenvalue weighted by atomic mass is 10.1. The Bertz CT molecular complexity index is 502. The Hall–Kier alpha value is -1.05. The number of rotatable bonds is 7. The second kappa shape index (κ2) is 6.93. The molecule has 0 saturated carbocycles. The highest BCUT2D eigenvalue weighted by molar-refractivity contribution is 7.89. The van der Waals surface area contributed by atoms with Gasteiger partial charge in [-0.3, -0.25) is 0 Å². The third-order valence-electron chi connectivity index (χ3n) is 2.76. The largest absolute Gasteiger partial charge is 0.313 e. The van der Waals surface area contributed by atoms with Gasteiger partial charge in [-0.1, -0.05) is 19.1 Å². The maximum absolute atomic E-state index is 12.1. The van der Waals surface area contributed by atoms with Crippen LogP contribution in [0.5, 0.6) is 0 Å². The molecule has 0 amide bonds. The lowest BCUT2D eigenvalue weighted by Gasteiger charge is -2.15. The molecular formula is C12H18F2N2O2S. The van der Waals surface area contributed by atoms with Crippen LogP contribution in [-0.2, 0) is 10.0 Å². The third kappa shape index (κ3) is 4.52. The molecule has 0 aromatic heterocycles. The van der Waals surface area contributed by atoms with Crippen LogP contribution < -0.4 is 10.0 Å². The zero-order valence-corrected chi connectivity index (χ0v) is 11.7. The molecule has 7 heteroatoms. The van der Waals surface area contributed by atoms with Gasteiger partial charge in [0.05, 0.1) is 11.4 Å². The maximum atomic E-state index is 12.1. The molecular weight excluding hydrogens is 274 g/mol. The van der Waals surface area contributed by atoms with Gasteiger partial charge in [0.2, 0.25) is 10.0 Å². The van der Waals surface area contributed by atoms with E-state index in [-0.39, 0.29) is 10.9 Å². The van der Waals surface area contributed by atoms with Crippen LogP contribution in [0.4, 0.5) is 8.78 Å². The fraction of sp³-hybridized carbons (Fsp3) is 0.500. The lowest BCUT2D eigenvalue weighted by molar-refractivity contribution is 0.153. The summed E-state index contributed by atoms with van der Waals surface area (Å²) in [4.78, 5) is -0.000602. The van der Waals surface area contributed by atoms with E-state index in [1.807, 2.05) is 11.6 Å². The number of hydrogen-bond donors (Lipinski definition) is 2. The first kappa shape index (κ1) is 16.0. The fourth-order valence-corrected chi connectivity index (χ4v) is 2.82. The van der Waals surface area contributed by atoms with Crippen LogP contribution in [0.1, 0.15) is 24.9 Å². The Morgan fingerprint density at radius 2 is 2.00 bits per heavy atom. The van der Waals surface area contributed by atoms with Gasteiger partial charge in [-0.15, -0.1) is 0 Å². The smallest absolute Gasteiger partial charge is 0.251 e. The van der Waals surface area contributed by atoms with Gasteiger partial charge < -0.3 is 5.32 Å². The highest BCUT2D eigenvalue weighted by atomic mass is 32.2. The molecule has 0 aliphatic carbocycles. The molecule has 0 heterocycles. The van der Waals surface area contributed by atoms with E-state index in [0.29, 0.717) is 0 Å². The van der Waals surface area contributed by atoms with E-state index >= 15 is 0 Å². The highest BCUT2D eigenvalue weighted by Gasteiger charge is 2.17. The molecule has 19 heavy (non-hydrogen) atoms. The van der Waals surface area contributed by atoms with Gasteiger partial charge in [0.25, 0.3) is 6.43 Å². The fourth-order valence-electron chi connectivity index (χ4n) is 1.76. The summed E-state index contributed by atoms with van der Waals surface area (Å²) in [5.41, 5.74) is 0.810. The zero-order chi connectivity index (χ0) is 14.5. The van der Waals surface area contributed by atoms with Gasteiger partial charge >= 0.3 is 0 Å². The lowest BCUT2D eigenvalue weighted by Crippen LogP contribution is -2.28. The molecule has 0 bridgehead atoms. The predicted octanol–water partition coefficient (Wildman–Crippen LogP) is 1.90. The Morgan fingerprint density at radius 1 is 1.32 bits per heavy atom. The van der Waals surface area contributed by atoms with Gasteiger partial charge in [-0.25, -0.2) is 21.9 Å². The monoisotopic (exact) mass is 292 g/mol. The van der Waals surface area contributed by atoms with Crippen molar-refractivity contribution >= 4 is 10.0 Å². The molecule has 4 nitrogen and oxygen atoms in total. The average molecular weight is 292 g/mol. The first-order valence-electron chi connectivity index (χ1n) is 5.95. The summed E-state index contributed by atoms with van der Waals surface area (Å²) in [7, 11) is -2.10. The quantitative estimate of drug-likeness (QED) is 0.807. The molecule has 1 aromatic carbocycles. The first-order chi connectivity index (χ1) is 8.90. The van der Waals surface area contributed by atoms with Crippen LogP contribution in [-0.4, -0.2) is 28.4 Å². The molecule has 1 aromatic rings. The number of hydrogen-bond acceptors (Lipinski definition) is 3. The van der Waals surface area contributed by atoms with E-state index in [9.17, 15) is 17.2 Å². The molecule has 0 aliphatic heterocycles. The van der Waals surface area contributed by atoms with Crippen LogP contribution in [0.3, 0.4) is 0 Å². The summed E-state index contributed by atoms with van der Waals surface area (Å²) < 4.78 is 49.6. The van der Waals surface area contributed by atoms with E-state index in [1.54, 1.807) is 19.2 Å². The molecule has 1 rings (SSSR count). The van der Waals surface area contributed by atoms with Crippen molar-refractivity contribution in [2.24, 2.45) is 0 Å². The summed E-state index contributed by atoms with van der Waals surface area (Å²) in [6, 6.07) is 6.33. The number of sulfonamides is 1. The summed E-state index contributed by atoms with van der Waals surface area (Å²) >= 11 is 0. The molecule has 0 radical (unpaired) electrons. The van der Waals surface area contributed by atoms with Crippen LogP contribution in [0, 0.1) is 0 Å². The first-order valence-corrected chi connectivity index (χ1v) is 7.44. The molecule has 0 fully saturated rings.